The van der Waals surface area contributed by atoms with Gasteiger partial charge in [-0.15, -0.1) is 4.68 Å². The zero-order chi connectivity index (χ0) is 23.1. The van der Waals surface area contributed by atoms with Gasteiger partial charge in [-0.25, -0.2) is 0 Å². The molecule has 0 fully saturated rings. The summed E-state index contributed by atoms with van der Waals surface area (Å²) in [6.07, 6.45) is 0. The van der Waals surface area contributed by atoms with Gasteiger partial charge in [0.15, 0.2) is 7.05 Å². The number of ether oxygens (including phenoxy) is 1. The zero-order valence-corrected chi connectivity index (χ0v) is 19.2. The Balaban J connectivity index is 0.000000195. The van der Waals surface area contributed by atoms with Crippen molar-refractivity contribution in [2.24, 2.45) is 14.1 Å². The van der Waals surface area contributed by atoms with Crippen molar-refractivity contribution < 1.29 is 19.3 Å². The predicted molar refractivity (Wildman–Crippen MR) is 124 cm³/mol. The fourth-order valence-electron chi connectivity index (χ4n) is 3.13. The SMILES string of the molecule is Cn1c(-c2ccccc2)cc(-c2ccccc2)[n+]1C.O=C([O-])COc1ccc(Cl)cc1Cl. The van der Waals surface area contributed by atoms with E-state index in [9.17, 15) is 9.90 Å². The molecule has 1 aromatic heterocycles. The molecule has 32 heavy (non-hydrogen) atoms. The van der Waals surface area contributed by atoms with Crippen LogP contribution in [0.4, 0.5) is 0 Å². The molecule has 4 rings (SSSR count). The van der Waals surface area contributed by atoms with E-state index in [4.69, 9.17) is 27.9 Å². The monoisotopic (exact) mass is 468 g/mol. The molecule has 5 nitrogen and oxygen atoms in total. The van der Waals surface area contributed by atoms with Gasteiger partial charge in [-0.2, -0.15) is 4.68 Å². The lowest BCUT2D eigenvalue weighted by atomic mass is 10.1. The van der Waals surface area contributed by atoms with E-state index < -0.39 is 12.6 Å². The number of hydrogen-bond acceptors (Lipinski definition) is 3. The van der Waals surface area contributed by atoms with Crippen LogP contribution in [-0.4, -0.2) is 17.3 Å². The molecular formula is C25H22Cl2N2O3. The summed E-state index contributed by atoms with van der Waals surface area (Å²) in [4.78, 5) is 10.0. The molecule has 0 atom stereocenters. The van der Waals surface area contributed by atoms with Gasteiger partial charge in [-0.1, -0.05) is 71.7 Å². The Morgan fingerprint density at radius 1 is 0.938 bits per heavy atom. The van der Waals surface area contributed by atoms with Crippen LogP contribution in [0.3, 0.4) is 0 Å². The Hall–Kier alpha value is -3.28. The number of hydrogen-bond donors (Lipinski definition) is 0. The second-order valence-electron chi connectivity index (χ2n) is 6.93. The highest BCUT2D eigenvalue weighted by atomic mass is 35.5. The molecule has 0 saturated carbocycles. The average Bonchev–Trinajstić information content (AvgIpc) is 3.09. The number of nitrogens with zero attached hydrogens (tertiary/aromatic N) is 2. The quantitative estimate of drug-likeness (QED) is 0.410. The van der Waals surface area contributed by atoms with Crippen LogP contribution >= 0.6 is 23.2 Å². The summed E-state index contributed by atoms with van der Waals surface area (Å²) in [5.74, 6) is -1.03. The Morgan fingerprint density at radius 2 is 1.53 bits per heavy atom. The van der Waals surface area contributed by atoms with Crippen molar-refractivity contribution in [3.63, 3.8) is 0 Å². The first-order valence-electron chi connectivity index (χ1n) is 9.81. The highest BCUT2D eigenvalue weighted by molar-refractivity contribution is 6.35. The Labute approximate surface area is 197 Å². The predicted octanol–water partition coefficient (Wildman–Crippen LogP) is 4.31. The van der Waals surface area contributed by atoms with E-state index >= 15 is 0 Å². The number of aliphatic carboxylic acids is 1. The second kappa shape index (κ2) is 10.8. The summed E-state index contributed by atoms with van der Waals surface area (Å²) in [5.41, 5.74) is 4.93. The summed E-state index contributed by atoms with van der Waals surface area (Å²) < 4.78 is 9.16. The largest absolute Gasteiger partial charge is 0.546 e. The van der Waals surface area contributed by atoms with E-state index in [1.807, 2.05) is 12.1 Å². The number of carboxylic acid groups (broad SMARTS) is 1. The maximum Gasteiger partial charge on any atom is 0.238 e. The minimum atomic E-state index is -1.30. The van der Waals surface area contributed by atoms with Gasteiger partial charge in [0, 0.05) is 22.2 Å². The van der Waals surface area contributed by atoms with Crippen molar-refractivity contribution in [3.05, 3.63) is 95.0 Å². The molecule has 0 aliphatic carbocycles. The zero-order valence-electron chi connectivity index (χ0n) is 17.7. The number of halogens is 2. The Bertz CT molecular complexity index is 1130. The number of rotatable bonds is 5. The van der Waals surface area contributed by atoms with Gasteiger partial charge in [0.2, 0.25) is 5.69 Å². The third-order valence-electron chi connectivity index (χ3n) is 4.80. The third-order valence-corrected chi connectivity index (χ3v) is 5.33. The van der Waals surface area contributed by atoms with Crippen LogP contribution in [0.25, 0.3) is 22.5 Å². The normalized spacial score (nSPS) is 10.2. The standard InChI is InChI=1S/C17H17N2.C8H6Cl2O3/c1-18-16(14-9-5-3-6-10-14)13-17(19(18)2)15-11-7-4-8-12-15;9-5-1-2-7(6(10)3-5)13-4-8(11)12/h3-13H,1-2H3;1-3H,4H2,(H,11,12)/q+1;/p-1. The van der Waals surface area contributed by atoms with Crippen LogP contribution in [0.1, 0.15) is 0 Å². The minimum Gasteiger partial charge on any atom is -0.546 e. The van der Waals surface area contributed by atoms with Gasteiger partial charge >= 0.3 is 0 Å². The second-order valence-corrected chi connectivity index (χ2v) is 7.77. The van der Waals surface area contributed by atoms with Crippen LogP contribution in [0.5, 0.6) is 5.75 Å². The van der Waals surface area contributed by atoms with Gasteiger partial charge in [-0.05, 0) is 30.3 Å². The van der Waals surface area contributed by atoms with Crippen LogP contribution < -0.4 is 14.5 Å². The highest BCUT2D eigenvalue weighted by Crippen LogP contribution is 2.27. The van der Waals surface area contributed by atoms with Crippen LogP contribution in [0.15, 0.2) is 84.9 Å². The summed E-state index contributed by atoms with van der Waals surface area (Å²) in [7, 11) is 4.18. The van der Waals surface area contributed by atoms with Crippen LogP contribution in [0.2, 0.25) is 10.0 Å². The van der Waals surface area contributed by atoms with E-state index in [1.54, 1.807) is 6.07 Å². The summed E-state index contributed by atoms with van der Waals surface area (Å²) in [6, 6.07) is 27.7. The smallest absolute Gasteiger partial charge is 0.238 e. The molecule has 0 saturated heterocycles. The molecule has 3 aromatic carbocycles. The Kier molecular flexibility index (Phi) is 7.92. The van der Waals surface area contributed by atoms with Gasteiger partial charge in [0.25, 0.3) is 0 Å². The molecule has 164 valence electrons. The van der Waals surface area contributed by atoms with Gasteiger partial charge in [-0.3, -0.25) is 0 Å². The molecule has 0 amide bonds. The van der Waals surface area contributed by atoms with E-state index in [2.05, 4.69) is 78.1 Å². The molecule has 0 radical (unpaired) electrons. The summed E-state index contributed by atoms with van der Waals surface area (Å²) in [6.45, 7) is -0.526. The van der Waals surface area contributed by atoms with Crippen LogP contribution in [-0.2, 0) is 18.9 Å². The number of carbonyl (C=O) groups is 1. The summed E-state index contributed by atoms with van der Waals surface area (Å²) in [5, 5.41) is 10.8. The lowest BCUT2D eigenvalue weighted by Gasteiger charge is -2.07. The van der Waals surface area contributed by atoms with Crippen molar-refractivity contribution in [1.29, 1.82) is 0 Å². The molecular weight excluding hydrogens is 447 g/mol. The lowest BCUT2D eigenvalue weighted by molar-refractivity contribution is -0.740. The molecule has 1 heterocycles. The first-order chi connectivity index (χ1) is 15.4. The first kappa shape index (κ1) is 23.4. The van der Waals surface area contributed by atoms with E-state index in [-0.39, 0.29) is 10.8 Å². The number of carbonyl (C=O) groups excluding carboxylic acids is 1. The van der Waals surface area contributed by atoms with Crippen molar-refractivity contribution >= 4 is 29.2 Å². The van der Waals surface area contributed by atoms with Crippen molar-refractivity contribution in [2.75, 3.05) is 6.61 Å². The maximum atomic E-state index is 10.0. The molecule has 0 aliphatic heterocycles. The lowest BCUT2D eigenvalue weighted by Crippen LogP contribution is -2.39. The topological polar surface area (TPSA) is 58.2 Å². The first-order valence-corrected chi connectivity index (χ1v) is 10.6. The highest BCUT2D eigenvalue weighted by Gasteiger charge is 2.19. The molecule has 0 bridgehead atoms. The molecule has 0 spiro atoms. The molecule has 4 aromatic rings. The molecule has 0 N–H and O–H groups in total. The summed E-state index contributed by atoms with van der Waals surface area (Å²) >= 11 is 11.3. The van der Waals surface area contributed by atoms with E-state index in [1.165, 1.54) is 34.6 Å². The van der Waals surface area contributed by atoms with Gasteiger partial charge < -0.3 is 14.6 Å². The van der Waals surface area contributed by atoms with E-state index in [0.717, 1.165) is 0 Å². The molecule has 0 unspecified atom stereocenters. The fraction of sp³-hybridized carbons (Fsp3) is 0.120. The van der Waals surface area contributed by atoms with Crippen molar-refractivity contribution in [3.8, 4) is 28.3 Å². The average molecular weight is 469 g/mol. The number of benzene rings is 3. The number of aromatic nitrogens is 2. The number of carboxylic acids is 1. The van der Waals surface area contributed by atoms with Gasteiger partial charge in [0.1, 0.15) is 18.1 Å². The molecule has 0 aliphatic rings. The van der Waals surface area contributed by atoms with E-state index in [0.29, 0.717) is 5.02 Å². The minimum absolute atomic E-state index is 0.272. The maximum absolute atomic E-state index is 10.0. The Morgan fingerprint density at radius 3 is 2.09 bits per heavy atom. The van der Waals surface area contributed by atoms with Crippen molar-refractivity contribution in [2.45, 2.75) is 0 Å². The third kappa shape index (κ3) is 5.90. The molecule has 7 heteroatoms. The fourth-order valence-corrected chi connectivity index (χ4v) is 3.59. The van der Waals surface area contributed by atoms with Crippen LogP contribution in [0, 0.1) is 0 Å². The van der Waals surface area contributed by atoms with Gasteiger partial charge in [0.05, 0.1) is 18.0 Å². The van der Waals surface area contributed by atoms with Crippen molar-refractivity contribution in [1.82, 2.24) is 4.68 Å².